The Morgan fingerprint density at radius 3 is 2.16 bits per heavy atom. The van der Waals surface area contributed by atoms with Crippen LogP contribution in [0.25, 0.3) is 33.4 Å². The zero-order valence-electron chi connectivity index (χ0n) is 32.7. The Morgan fingerprint density at radius 1 is 0.895 bits per heavy atom. The SMILES string of the molecule is CS(=O)(=O)O.Cc1ccc(-c2cn(CC3CCOCC3)cc(C(=O)Cc3ccc(-c4cc(-c5ccc(CN6CCN(C)CC6)c(F)c5)cnc4N)cc3)c2=O)cc1. The molecule has 0 spiro atoms. The van der Waals surface area contributed by atoms with Crippen molar-refractivity contribution in [2.45, 2.75) is 39.3 Å². The largest absolute Gasteiger partial charge is 0.383 e. The number of piperazine rings is 1. The van der Waals surface area contributed by atoms with Crippen LogP contribution >= 0.6 is 0 Å². The van der Waals surface area contributed by atoms with Gasteiger partial charge in [0.1, 0.15) is 11.6 Å². The number of hydrogen-bond acceptors (Lipinski definition) is 9. The van der Waals surface area contributed by atoms with Crippen LogP contribution in [0.15, 0.2) is 96.2 Å². The summed E-state index contributed by atoms with van der Waals surface area (Å²) in [4.78, 5) is 36.6. The summed E-state index contributed by atoms with van der Waals surface area (Å²) in [6, 6.07) is 22.7. The summed E-state index contributed by atoms with van der Waals surface area (Å²) in [6.07, 6.45) is 7.98. The van der Waals surface area contributed by atoms with Crippen molar-refractivity contribution >= 4 is 21.7 Å². The van der Waals surface area contributed by atoms with E-state index in [-0.39, 0.29) is 29.0 Å². The topological polar surface area (TPSA) is 148 Å². The average Bonchev–Trinajstić information content (AvgIpc) is 3.18. The van der Waals surface area contributed by atoms with E-state index in [1.807, 2.05) is 84.4 Å². The molecule has 0 bridgehead atoms. The van der Waals surface area contributed by atoms with Gasteiger partial charge in [-0.15, -0.1) is 0 Å². The number of likely N-dealkylation sites (N-methyl/N-ethyl adjacent to an activating group) is 1. The molecule has 2 fully saturated rings. The number of anilines is 1. The number of nitrogens with two attached hydrogens (primary N) is 1. The van der Waals surface area contributed by atoms with Crippen molar-refractivity contribution in [3.8, 4) is 33.4 Å². The molecule has 2 saturated heterocycles. The number of carbonyl (C=O) groups excluding carboxylic acids is 1. The van der Waals surface area contributed by atoms with Crippen LogP contribution in [0.1, 0.15) is 39.9 Å². The third-order valence-corrected chi connectivity index (χ3v) is 10.5. The van der Waals surface area contributed by atoms with E-state index in [2.05, 4.69) is 21.8 Å². The molecule has 11 nitrogen and oxygen atoms in total. The van der Waals surface area contributed by atoms with Crippen LogP contribution in [0.2, 0.25) is 0 Å². The zero-order chi connectivity index (χ0) is 40.7. The summed E-state index contributed by atoms with van der Waals surface area (Å²) in [5, 5.41) is 0. The molecule has 2 aromatic heterocycles. The van der Waals surface area contributed by atoms with Crippen LogP contribution in [0, 0.1) is 18.7 Å². The third kappa shape index (κ3) is 11.5. The van der Waals surface area contributed by atoms with Gasteiger partial charge in [0.05, 0.1) is 11.8 Å². The smallest absolute Gasteiger partial charge is 0.261 e. The molecule has 0 radical (unpaired) electrons. The maximum atomic E-state index is 15.3. The summed E-state index contributed by atoms with van der Waals surface area (Å²) in [5.74, 6) is 0.318. The van der Waals surface area contributed by atoms with Gasteiger partial charge in [-0.05, 0) is 67.1 Å². The van der Waals surface area contributed by atoms with Gasteiger partial charge in [0, 0.05) is 99.7 Å². The molecule has 2 aliphatic heterocycles. The van der Waals surface area contributed by atoms with E-state index in [1.165, 1.54) is 0 Å². The number of benzene rings is 3. The maximum Gasteiger partial charge on any atom is 0.261 e. The highest BCUT2D eigenvalue weighted by Gasteiger charge is 2.21. The Kier molecular flexibility index (Phi) is 13.5. The fourth-order valence-electron chi connectivity index (χ4n) is 7.15. The average molecular weight is 796 g/mol. The second-order valence-corrected chi connectivity index (χ2v) is 16.6. The van der Waals surface area contributed by atoms with Gasteiger partial charge in [-0.1, -0.05) is 66.2 Å². The minimum absolute atomic E-state index is 0.0810. The van der Waals surface area contributed by atoms with Gasteiger partial charge in [0.25, 0.3) is 10.1 Å². The molecule has 0 amide bonds. The van der Waals surface area contributed by atoms with Gasteiger partial charge in [0.15, 0.2) is 11.2 Å². The van der Waals surface area contributed by atoms with Crippen LogP contribution < -0.4 is 11.2 Å². The van der Waals surface area contributed by atoms with Crippen molar-refractivity contribution in [3.63, 3.8) is 0 Å². The molecule has 57 heavy (non-hydrogen) atoms. The molecular weight excluding hydrogens is 746 g/mol. The van der Waals surface area contributed by atoms with Crippen LogP contribution in [0.5, 0.6) is 0 Å². The zero-order valence-corrected chi connectivity index (χ0v) is 33.5. The molecule has 3 N–H and O–H groups in total. The number of Topliss-reactive ketones (excluding diaryl/α,β-unsaturated/α-hetero) is 1. The molecule has 2 aliphatic rings. The number of ketones is 1. The van der Waals surface area contributed by atoms with E-state index >= 15 is 4.39 Å². The Hall–Kier alpha value is -5.05. The number of nitrogen functional groups attached to an aromatic ring is 1. The normalized spacial score (nSPS) is 15.5. The standard InChI is InChI=1S/C43H46FN5O3.CH4O3S/c1-29-3-7-33(8-4-29)38-27-49(25-31-13-19-52-20-14-31)28-39(42(38)51)41(50)21-30-5-9-32(10-6-30)37-22-36(24-46-43(37)45)34-11-12-35(40(44)23-34)26-48-17-15-47(2)16-18-48;1-5(2,3)4/h3-12,22-24,27-28,31H,13-21,25-26H2,1-2H3,(H2,45,46);1H3,(H,2,3,4). The summed E-state index contributed by atoms with van der Waals surface area (Å²) < 4.78 is 48.7. The lowest BCUT2D eigenvalue weighted by molar-refractivity contribution is 0.0612. The number of rotatable bonds is 10. The first-order valence-corrected chi connectivity index (χ1v) is 20.9. The van der Waals surface area contributed by atoms with E-state index in [0.29, 0.717) is 35.7 Å². The lowest BCUT2D eigenvalue weighted by Crippen LogP contribution is -2.44. The molecule has 0 saturated carbocycles. The molecule has 5 aromatic rings. The van der Waals surface area contributed by atoms with E-state index in [0.717, 1.165) is 97.7 Å². The number of pyridine rings is 2. The van der Waals surface area contributed by atoms with Crippen molar-refractivity contribution in [2.75, 3.05) is 58.4 Å². The first kappa shape index (κ1) is 41.6. The van der Waals surface area contributed by atoms with Crippen molar-refractivity contribution in [3.05, 3.63) is 130 Å². The number of aromatic nitrogens is 2. The Labute approximate surface area is 333 Å². The van der Waals surface area contributed by atoms with Crippen LogP contribution in [-0.4, -0.2) is 90.8 Å². The van der Waals surface area contributed by atoms with Gasteiger partial charge in [0.2, 0.25) is 0 Å². The first-order valence-electron chi connectivity index (χ1n) is 19.1. The minimum Gasteiger partial charge on any atom is -0.383 e. The van der Waals surface area contributed by atoms with Crippen molar-refractivity contribution in [2.24, 2.45) is 5.92 Å². The van der Waals surface area contributed by atoms with Gasteiger partial charge in [-0.25, -0.2) is 9.37 Å². The molecule has 13 heteroatoms. The number of hydrogen-bond donors (Lipinski definition) is 2. The van der Waals surface area contributed by atoms with Crippen molar-refractivity contribution in [1.82, 2.24) is 19.4 Å². The summed E-state index contributed by atoms with van der Waals surface area (Å²) in [5.41, 5.74) is 13.2. The number of carbonyl (C=O) groups is 1. The van der Waals surface area contributed by atoms with E-state index in [9.17, 15) is 18.0 Å². The molecule has 7 rings (SSSR count). The number of ether oxygens (including phenoxy) is 1. The summed E-state index contributed by atoms with van der Waals surface area (Å²) in [7, 11) is -1.56. The Morgan fingerprint density at radius 2 is 1.51 bits per heavy atom. The number of aryl methyl sites for hydroxylation is 1. The molecule has 4 heterocycles. The lowest BCUT2D eigenvalue weighted by Gasteiger charge is -2.32. The number of halogens is 1. The second kappa shape index (κ2) is 18.5. The summed E-state index contributed by atoms with van der Waals surface area (Å²) in [6.45, 7) is 8.59. The quantitative estimate of drug-likeness (QED) is 0.121. The van der Waals surface area contributed by atoms with E-state index in [1.54, 1.807) is 18.5 Å². The minimum atomic E-state index is -3.67. The van der Waals surface area contributed by atoms with Gasteiger partial charge in [-0.2, -0.15) is 8.42 Å². The monoisotopic (exact) mass is 795 g/mol. The molecule has 300 valence electrons. The first-order chi connectivity index (χ1) is 27.2. The lowest BCUT2D eigenvalue weighted by atomic mass is 9.96. The van der Waals surface area contributed by atoms with E-state index < -0.39 is 10.1 Å². The molecule has 0 unspecified atom stereocenters. The predicted octanol–water partition coefficient (Wildman–Crippen LogP) is 6.38. The van der Waals surface area contributed by atoms with Crippen molar-refractivity contribution < 1.29 is 26.9 Å². The van der Waals surface area contributed by atoms with Crippen LogP contribution in [0.3, 0.4) is 0 Å². The summed E-state index contributed by atoms with van der Waals surface area (Å²) >= 11 is 0. The highest BCUT2D eigenvalue weighted by molar-refractivity contribution is 7.85. The van der Waals surface area contributed by atoms with Gasteiger partial charge < -0.3 is 19.9 Å². The van der Waals surface area contributed by atoms with Crippen molar-refractivity contribution in [1.29, 1.82) is 0 Å². The third-order valence-electron chi connectivity index (χ3n) is 10.5. The molecular formula is C44H50FN5O6S. The molecule has 3 aromatic carbocycles. The second-order valence-electron chi connectivity index (χ2n) is 15.1. The fourth-order valence-corrected chi connectivity index (χ4v) is 7.15. The van der Waals surface area contributed by atoms with E-state index in [4.69, 9.17) is 15.0 Å². The Balaban J connectivity index is 0.00000103. The highest BCUT2D eigenvalue weighted by Crippen LogP contribution is 2.31. The molecule has 0 aliphatic carbocycles. The Bertz CT molecular complexity index is 2350. The van der Waals surface area contributed by atoms with Crippen LogP contribution in [-0.2, 0) is 34.4 Å². The van der Waals surface area contributed by atoms with Crippen LogP contribution in [0.4, 0.5) is 10.2 Å². The van der Waals surface area contributed by atoms with Gasteiger partial charge >= 0.3 is 0 Å². The predicted molar refractivity (Wildman–Crippen MR) is 222 cm³/mol. The molecule has 0 atom stereocenters. The van der Waals surface area contributed by atoms with Gasteiger partial charge in [-0.3, -0.25) is 19.0 Å². The highest BCUT2D eigenvalue weighted by atomic mass is 32.2. The fraction of sp³-hybridized carbons (Fsp3) is 0.341. The number of nitrogens with zero attached hydrogens (tertiary/aromatic N) is 4. The maximum absolute atomic E-state index is 15.3.